The van der Waals surface area contributed by atoms with Crippen molar-refractivity contribution in [2.75, 3.05) is 27.9 Å². The molecule has 1 unspecified atom stereocenters. The monoisotopic (exact) mass is 525 g/mol. The van der Waals surface area contributed by atoms with E-state index in [0.29, 0.717) is 27.9 Å². The number of nitrogens with zero attached hydrogens (tertiary/aromatic N) is 3. The van der Waals surface area contributed by atoms with Crippen LogP contribution in [0.1, 0.15) is 57.1 Å². The number of aliphatic imine (C=N–C) groups is 1. The molecule has 9 heteroatoms. The number of thioether (sulfide) groups is 1. The van der Waals surface area contributed by atoms with E-state index in [2.05, 4.69) is 6.58 Å². The Morgan fingerprint density at radius 3 is 2.46 bits per heavy atom. The zero-order chi connectivity index (χ0) is 26.5. The van der Waals surface area contributed by atoms with Crippen LogP contribution in [0, 0.1) is 0 Å². The van der Waals surface area contributed by atoms with Gasteiger partial charge in [0.25, 0.3) is 0 Å². The molecule has 4 rings (SSSR count). The zero-order valence-electron chi connectivity index (χ0n) is 22.0. The van der Waals surface area contributed by atoms with Gasteiger partial charge in [-0.1, -0.05) is 43.7 Å². The molecule has 1 fully saturated rings. The standard InChI is InChI=1S/C28H35N3O5S/c1-6-12-36-27(33)25-18(2)29-28-31(26(25)19-13-22(34-4)16-23(14-19)35-5)21(17-37-28)15-24(32)30(3)20-10-8-7-9-11-20/h6,13-14,16-17,20,26H,1,7-12,15H2,2-5H3. The number of hydrogen-bond donors (Lipinski definition) is 0. The average molecular weight is 526 g/mol. The summed E-state index contributed by atoms with van der Waals surface area (Å²) in [5.41, 5.74) is 2.54. The van der Waals surface area contributed by atoms with Gasteiger partial charge in [0, 0.05) is 24.9 Å². The van der Waals surface area contributed by atoms with E-state index in [9.17, 15) is 9.59 Å². The molecule has 1 aliphatic carbocycles. The average Bonchev–Trinajstić information content (AvgIpc) is 3.31. The molecule has 1 aromatic carbocycles. The molecular weight excluding hydrogens is 490 g/mol. The van der Waals surface area contributed by atoms with Gasteiger partial charge in [0.2, 0.25) is 5.91 Å². The maximum Gasteiger partial charge on any atom is 0.338 e. The van der Waals surface area contributed by atoms with Crippen molar-refractivity contribution in [3.63, 3.8) is 0 Å². The quantitative estimate of drug-likeness (QED) is 0.324. The number of carbonyl (C=O) groups is 2. The molecule has 1 amide bonds. The molecule has 1 aromatic rings. The lowest BCUT2D eigenvalue weighted by Gasteiger charge is -2.37. The SMILES string of the molecule is C=CCOC(=O)C1=C(C)N=C2SC=C(CC(=O)N(C)C3CCCCC3)N2C1c1cc(OC)cc(OC)c1. The normalized spacial score (nSPS) is 19.6. The van der Waals surface area contributed by atoms with Gasteiger partial charge in [-0.25, -0.2) is 9.79 Å². The first-order valence-corrected chi connectivity index (χ1v) is 13.5. The molecule has 0 radical (unpaired) electrons. The molecule has 0 saturated heterocycles. The van der Waals surface area contributed by atoms with Crippen LogP contribution in [0.15, 0.2) is 58.2 Å². The summed E-state index contributed by atoms with van der Waals surface area (Å²) >= 11 is 1.46. The Morgan fingerprint density at radius 1 is 1.16 bits per heavy atom. The van der Waals surface area contributed by atoms with Crippen LogP contribution in [-0.2, 0) is 14.3 Å². The molecule has 0 aromatic heterocycles. The van der Waals surface area contributed by atoms with E-state index in [-0.39, 0.29) is 25.0 Å². The highest BCUT2D eigenvalue weighted by Gasteiger charge is 2.42. The third-order valence-corrected chi connectivity index (χ3v) is 7.98. The lowest BCUT2D eigenvalue weighted by atomic mass is 9.93. The highest BCUT2D eigenvalue weighted by Crippen LogP contribution is 2.46. The lowest BCUT2D eigenvalue weighted by Crippen LogP contribution is -2.41. The van der Waals surface area contributed by atoms with Crippen molar-refractivity contribution in [2.24, 2.45) is 4.99 Å². The highest BCUT2D eigenvalue weighted by molar-refractivity contribution is 8.16. The second kappa shape index (κ2) is 11.9. The van der Waals surface area contributed by atoms with Crippen molar-refractivity contribution in [1.29, 1.82) is 0 Å². The van der Waals surface area contributed by atoms with Crippen molar-refractivity contribution >= 4 is 28.8 Å². The zero-order valence-corrected chi connectivity index (χ0v) is 22.8. The van der Waals surface area contributed by atoms with E-state index in [1.807, 2.05) is 34.4 Å². The van der Waals surface area contributed by atoms with Gasteiger partial charge >= 0.3 is 5.97 Å². The Labute approximate surface area is 223 Å². The van der Waals surface area contributed by atoms with Gasteiger partial charge < -0.3 is 24.0 Å². The maximum absolute atomic E-state index is 13.4. The predicted molar refractivity (Wildman–Crippen MR) is 145 cm³/mol. The number of amidine groups is 1. The van der Waals surface area contributed by atoms with Crippen molar-refractivity contribution in [3.05, 3.63) is 58.8 Å². The summed E-state index contributed by atoms with van der Waals surface area (Å²) in [7, 11) is 5.08. The van der Waals surface area contributed by atoms with E-state index in [0.717, 1.165) is 36.9 Å². The smallest absolute Gasteiger partial charge is 0.338 e. The number of methoxy groups -OCH3 is 2. The molecule has 8 nitrogen and oxygen atoms in total. The Hall–Kier alpha value is -3.20. The summed E-state index contributed by atoms with van der Waals surface area (Å²) in [5.74, 6) is 0.777. The van der Waals surface area contributed by atoms with Crippen molar-refractivity contribution < 1.29 is 23.8 Å². The Kier molecular flexibility index (Phi) is 8.63. The first-order chi connectivity index (χ1) is 17.9. The van der Waals surface area contributed by atoms with Gasteiger partial charge in [0.05, 0.1) is 38.0 Å². The maximum atomic E-state index is 13.4. The first-order valence-electron chi connectivity index (χ1n) is 12.6. The fourth-order valence-corrected chi connectivity index (χ4v) is 6.06. The second-order valence-corrected chi connectivity index (χ2v) is 10.2. The van der Waals surface area contributed by atoms with Gasteiger partial charge in [0.15, 0.2) is 5.17 Å². The molecule has 37 heavy (non-hydrogen) atoms. The van der Waals surface area contributed by atoms with E-state index in [1.165, 1.54) is 24.3 Å². The van der Waals surface area contributed by atoms with Crippen LogP contribution in [0.5, 0.6) is 11.5 Å². The summed E-state index contributed by atoms with van der Waals surface area (Å²) in [4.78, 5) is 35.3. The van der Waals surface area contributed by atoms with E-state index in [4.69, 9.17) is 19.2 Å². The summed E-state index contributed by atoms with van der Waals surface area (Å²) < 4.78 is 16.5. The molecule has 0 spiro atoms. The van der Waals surface area contributed by atoms with E-state index < -0.39 is 12.0 Å². The van der Waals surface area contributed by atoms with Crippen molar-refractivity contribution in [1.82, 2.24) is 9.80 Å². The molecule has 3 aliphatic rings. The Morgan fingerprint density at radius 2 is 1.84 bits per heavy atom. The van der Waals surface area contributed by atoms with Gasteiger partial charge in [0.1, 0.15) is 18.1 Å². The van der Waals surface area contributed by atoms with Crippen LogP contribution < -0.4 is 9.47 Å². The molecule has 1 saturated carbocycles. The largest absolute Gasteiger partial charge is 0.497 e. The van der Waals surface area contributed by atoms with Crippen LogP contribution in [0.4, 0.5) is 0 Å². The number of ether oxygens (including phenoxy) is 3. The number of rotatable bonds is 9. The molecule has 1 atom stereocenters. The number of fused-ring (bicyclic) bond motifs is 1. The highest BCUT2D eigenvalue weighted by atomic mass is 32.2. The summed E-state index contributed by atoms with van der Waals surface area (Å²) in [6, 6.07) is 5.24. The number of benzene rings is 1. The van der Waals surface area contributed by atoms with Crippen LogP contribution >= 0.6 is 11.8 Å². The Bertz CT molecular complexity index is 1130. The topological polar surface area (TPSA) is 80.7 Å². The van der Waals surface area contributed by atoms with Crippen molar-refractivity contribution in [3.8, 4) is 11.5 Å². The van der Waals surface area contributed by atoms with Crippen molar-refractivity contribution in [2.45, 2.75) is 57.5 Å². The number of allylic oxidation sites excluding steroid dienone is 1. The fourth-order valence-electron chi connectivity index (χ4n) is 5.10. The van der Waals surface area contributed by atoms with E-state index >= 15 is 0 Å². The summed E-state index contributed by atoms with van der Waals surface area (Å²) in [5, 5.41) is 2.67. The second-order valence-electron chi connectivity index (χ2n) is 9.40. The molecule has 198 valence electrons. The summed E-state index contributed by atoms with van der Waals surface area (Å²) in [6.45, 7) is 5.54. The Balaban J connectivity index is 1.71. The molecular formula is C28H35N3O5S. The number of amides is 1. The van der Waals surface area contributed by atoms with Gasteiger partial charge in [-0.15, -0.1) is 0 Å². The first kappa shape index (κ1) is 26.9. The van der Waals surface area contributed by atoms with Gasteiger partial charge in [-0.05, 0) is 42.9 Å². The third kappa shape index (κ3) is 5.71. The number of carbonyl (C=O) groups excluding carboxylic acids is 2. The van der Waals surface area contributed by atoms with Gasteiger partial charge in [-0.2, -0.15) is 0 Å². The molecule has 2 heterocycles. The van der Waals surface area contributed by atoms with E-state index in [1.54, 1.807) is 27.2 Å². The fraction of sp³-hybridized carbons (Fsp3) is 0.464. The van der Waals surface area contributed by atoms with Crippen LogP contribution in [-0.4, -0.2) is 60.8 Å². The lowest BCUT2D eigenvalue weighted by molar-refractivity contribution is -0.138. The molecule has 0 N–H and O–H groups in total. The van der Waals surface area contributed by atoms with Crippen LogP contribution in [0.3, 0.4) is 0 Å². The van der Waals surface area contributed by atoms with Gasteiger partial charge in [-0.3, -0.25) is 4.79 Å². The predicted octanol–water partition coefficient (Wildman–Crippen LogP) is 5.19. The summed E-state index contributed by atoms with van der Waals surface area (Å²) in [6.07, 6.45) is 7.37. The molecule has 2 aliphatic heterocycles. The minimum atomic E-state index is -0.567. The number of hydrogen-bond acceptors (Lipinski definition) is 8. The third-order valence-electron chi connectivity index (χ3n) is 7.09. The minimum Gasteiger partial charge on any atom is -0.497 e. The van der Waals surface area contributed by atoms with Crippen LogP contribution in [0.25, 0.3) is 0 Å². The minimum absolute atomic E-state index is 0.0593. The van der Waals surface area contributed by atoms with Crippen LogP contribution in [0.2, 0.25) is 0 Å². The number of esters is 1. The molecule has 0 bridgehead atoms.